The normalized spacial score (nSPS) is 11.5. The van der Waals surface area contributed by atoms with Crippen LogP contribution < -0.4 is 4.90 Å². The van der Waals surface area contributed by atoms with E-state index in [-0.39, 0.29) is 0 Å². The van der Waals surface area contributed by atoms with E-state index in [4.69, 9.17) is 19.4 Å². The molecule has 0 atom stereocenters. The van der Waals surface area contributed by atoms with E-state index in [0.29, 0.717) is 17.5 Å². The van der Waals surface area contributed by atoms with Gasteiger partial charge in [-0.3, -0.25) is 0 Å². The maximum atomic E-state index is 6.65. The Hall–Kier alpha value is -7.11. The Balaban J connectivity index is 1.15. The Morgan fingerprint density at radius 1 is 0.365 bits per heavy atom. The Morgan fingerprint density at radius 3 is 1.46 bits per heavy atom. The number of fused-ring (bicyclic) bond motifs is 5. The lowest BCUT2D eigenvalue weighted by atomic mass is 10.0. The van der Waals surface area contributed by atoms with Crippen LogP contribution >= 0.6 is 0 Å². The molecule has 0 radical (unpaired) electrons. The van der Waals surface area contributed by atoms with Crippen LogP contribution in [0.15, 0.2) is 186 Å². The second-order valence-corrected chi connectivity index (χ2v) is 12.9. The lowest BCUT2D eigenvalue weighted by Gasteiger charge is -2.26. The summed E-state index contributed by atoms with van der Waals surface area (Å²) in [6.45, 7) is 0. The van der Waals surface area contributed by atoms with Crippen LogP contribution in [0.3, 0.4) is 0 Å². The van der Waals surface area contributed by atoms with Crippen molar-refractivity contribution in [3.05, 3.63) is 182 Å². The highest BCUT2D eigenvalue weighted by Gasteiger charge is 2.20. The van der Waals surface area contributed by atoms with Crippen molar-refractivity contribution in [1.29, 1.82) is 0 Å². The summed E-state index contributed by atoms with van der Waals surface area (Å²) in [5, 5.41) is 6.73. The average molecular weight is 667 g/mol. The average Bonchev–Trinajstić information content (AvgIpc) is 3.60. The Bertz CT molecular complexity index is 2780. The first-order valence-corrected chi connectivity index (χ1v) is 17.4. The zero-order valence-corrected chi connectivity index (χ0v) is 28.0. The number of hydrogen-bond donors (Lipinski definition) is 0. The molecule has 244 valence electrons. The molecule has 10 aromatic rings. The Morgan fingerprint density at radius 2 is 0.865 bits per heavy atom. The minimum Gasteiger partial charge on any atom is -0.456 e. The number of hydrogen-bond acceptors (Lipinski definition) is 5. The molecular weight excluding hydrogens is 637 g/mol. The van der Waals surface area contributed by atoms with E-state index >= 15 is 0 Å². The van der Waals surface area contributed by atoms with E-state index in [1.54, 1.807) is 0 Å². The lowest BCUT2D eigenvalue weighted by Crippen LogP contribution is -2.09. The van der Waals surface area contributed by atoms with Crippen LogP contribution in [0.2, 0.25) is 0 Å². The largest absolute Gasteiger partial charge is 0.456 e. The fraction of sp³-hybridized carbons (Fsp3) is 0. The van der Waals surface area contributed by atoms with Crippen LogP contribution in [0.5, 0.6) is 0 Å². The maximum absolute atomic E-state index is 6.65. The standard InChI is InChI=1S/C47H30N4O/c1-3-14-33(15-4-1)45-48-46(34-16-5-2-6-17-34)50-47(49-45)41-20-11-21-42-44(41)40-27-26-39(30-43(40)52-42)51(37-24-22-31-12-7-9-18-35(31)28-37)38-25-23-32-13-8-10-19-36(32)29-38/h1-30H. The number of rotatable bonds is 6. The van der Waals surface area contributed by atoms with E-state index in [1.807, 2.05) is 72.8 Å². The zero-order chi connectivity index (χ0) is 34.4. The minimum absolute atomic E-state index is 0.596. The zero-order valence-electron chi connectivity index (χ0n) is 28.0. The molecule has 0 unspecified atom stereocenters. The highest BCUT2D eigenvalue weighted by atomic mass is 16.3. The molecule has 8 aromatic carbocycles. The first-order valence-electron chi connectivity index (χ1n) is 17.4. The van der Waals surface area contributed by atoms with Gasteiger partial charge in [0, 0.05) is 50.6 Å². The van der Waals surface area contributed by atoms with Gasteiger partial charge < -0.3 is 9.32 Å². The van der Waals surface area contributed by atoms with Gasteiger partial charge in [-0.15, -0.1) is 0 Å². The summed E-state index contributed by atoms with van der Waals surface area (Å²) in [6.07, 6.45) is 0. The minimum atomic E-state index is 0.596. The van der Waals surface area contributed by atoms with Crippen molar-refractivity contribution in [2.75, 3.05) is 4.90 Å². The quantitative estimate of drug-likeness (QED) is 0.177. The van der Waals surface area contributed by atoms with Crippen molar-refractivity contribution < 1.29 is 4.42 Å². The van der Waals surface area contributed by atoms with Gasteiger partial charge in [-0.25, -0.2) is 15.0 Å². The third-order valence-electron chi connectivity index (χ3n) is 9.66. The summed E-state index contributed by atoms with van der Waals surface area (Å²) in [7, 11) is 0. The van der Waals surface area contributed by atoms with Crippen molar-refractivity contribution >= 4 is 60.5 Å². The predicted molar refractivity (Wildman–Crippen MR) is 213 cm³/mol. The Kier molecular flexibility index (Phi) is 7.07. The second kappa shape index (κ2) is 12.3. The third-order valence-corrected chi connectivity index (χ3v) is 9.66. The van der Waals surface area contributed by atoms with Gasteiger partial charge in [-0.2, -0.15) is 0 Å². The van der Waals surface area contributed by atoms with Crippen LogP contribution in [-0.2, 0) is 0 Å². The molecule has 5 heteroatoms. The summed E-state index contributed by atoms with van der Waals surface area (Å²) in [4.78, 5) is 17.3. The summed E-state index contributed by atoms with van der Waals surface area (Å²) in [5.74, 6) is 1.84. The number of anilines is 3. The summed E-state index contributed by atoms with van der Waals surface area (Å²) < 4.78 is 6.65. The molecule has 0 N–H and O–H groups in total. The highest BCUT2D eigenvalue weighted by Crippen LogP contribution is 2.42. The van der Waals surface area contributed by atoms with Crippen molar-refractivity contribution in [3.63, 3.8) is 0 Å². The SMILES string of the molecule is c1ccc(-c2nc(-c3ccccc3)nc(-c3cccc4oc5cc(N(c6ccc7ccccc7c6)c6ccc7ccccc7c6)ccc5c34)n2)cc1. The molecule has 5 nitrogen and oxygen atoms in total. The molecule has 2 aromatic heterocycles. The van der Waals surface area contributed by atoms with Gasteiger partial charge in [0.1, 0.15) is 11.2 Å². The van der Waals surface area contributed by atoms with E-state index in [9.17, 15) is 0 Å². The molecule has 52 heavy (non-hydrogen) atoms. The van der Waals surface area contributed by atoms with E-state index in [2.05, 4.69) is 114 Å². The monoisotopic (exact) mass is 666 g/mol. The van der Waals surface area contributed by atoms with Gasteiger partial charge >= 0.3 is 0 Å². The van der Waals surface area contributed by atoms with E-state index < -0.39 is 0 Å². The van der Waals surface area contributed by atoms with Crippen molar-refractivity contribution in [1.82, 2.24) is 15.0 Å². The number of nitrogens with zero attached hydrogens (tertiary/aromatic N) is 4. The molecule has 2 heterocycles. The molecule has 0 aliphatic rings. The van der Waals surface area contributed by atoms with Crippen LogP contribution in [0.4, 0.5) is 17.1 Å². The highest BCUT2D eigenvalue weighted by molar-refractivity contribution is 6.12. The van der Waals surface area contributed by atoms with Crippen LogP contribution in [-0.4, -0.2) is 15.0 Å². The predicted octanol–water partition coefficient (Wildman–Crippen LogP) is 12.5. The van der Waals surface area contributed by atoms with Gasteiger partial charge in [-0.05, 0) is 64.0 Å². The number of aromatic nitrogens is 3. The van der Waals surface area contributed by atoms with E-state index in [1.165, 1.54) is 21.5 Å². The number of benzene rings is 8. The van der Waals surface area contributed by atoms with Crippen LogP contribution in [0.1, 0.15) is 0 Å². The fourth-order valence-corrected chi connectivity index (χ4v) is 7.15. The molecule has 0 spiro atoms. The third kappa shape index (κ3) is 5.24. The van der Waals surface area contributed by atoms with Gasteiger partial charge in [0.15, 0.2) is 17.5 Å². The molecule has 0 saturated carbocycles. The van der Waals surface area contributed by atoms with Crippen molar-refractivity contribution in [2.45, 2.75) is 0 Å². The molecule has 0 bridgehead atoms. The van der Waals surface area contributed by atoms with Crippen molar-refractivity contribution in [3.8, 4) is 34.2 Å². The molecule has 10 rings (SSSR count). The summed E-state index contributed by atoms with van der Waals surface area (Å²) in [5.41, 5.74) is 7.44. The first-order chi connectivity index (χ1) is 25.7. The van der Waals surface area contributed by atoms with Crippen LogP contribution in [0, 0.1) is 0 Å². The first kappa shape index (κ1) is 29.8. The van der Waals surface area contributed by atoms with Crippen LogP contribution in [0.25, 0.3) is 77.6 Å². The van der Waals surface area contributed by atoms with Gasteiger partial charge in [0.2, 0.25) is 0 Å². The maximum Gasteiger partial charge on any atom is 0.164 e. The number of furan rings is 1. The molecule has 0 saturated heterocycles. The van der Waals surface area contributed by atoms with Crippen molar-refractivity contribution in [2.24, 2.45) is 0 Å². The molecule has 0 aliphatic heterocycles. The Labute approximate surface area is 300 Å². The molecular formula is C47H30N4O. The van der Waals surface area contributed by atoms with Gasteiger partial charge in [0.05, 0.1) is 0 Å². The topological polar surface area (TPSA) is 55.1 Å². The second-order valence-electron chi connectivity index (χ2n) is 12.9. The summed E-state index contributed by atoms with van der Waals surface area (Å²) in [6, 6.07) is 62.9. The van der Waals surface area contributed by atoms with Gasteiger partial charge in [-0.1, -0.05) is 133 Å². The summed E-state index contributed by atoms with van der Waals surface area (Å²) >= 11 is 0. The van der Waals surface area contributed by atoms with E-state index in [0.717, 1.165) is 55.7 Å². The smallest absolute Gasteiger partial charge is 0.164 e. The molecule has 0 amide bonds. The lowest BCUT2D eigenvalue weighted by molar-refractivity contribution is 0.669. The molecule has 0 fully saturated rings. The van der Waals surface area contributed by atoms with Gasteiger partial charge in [0.25, 0.3) is 0 Å². The molecule has 0 aliphatic carbocycles. The fourth-order valence-electron chi connectivity index (χ4n) is 7.15.